The molecule has 0 aliphatic rings. The van der Waals surface area contributed by atoms with Gasteiger partial charge in [-0.2, -0.15) is 0 Å². The van der Waals surface area contributed by atoms with Gasteiger partial charge in [0.1, 0.15) is 6.61 Å². The van der Waals surface area contributed by atoms with Gasteiger partial charge in [-0.15, -0.1) is 0 Å². The van der Waals surface area contributed by atoms with Crippen LogP contribution in [0.3, 0.4) is 0 Å². The summed E-state index contributed by atoms with van der Waals surface area (Å²) in [6, 6.07) is 11.6. The number of benzene rings is 2. The molecule has 3 nitrogen and oxygen atoms in total. The van der Waals surface area contributed by atoms with Gasteiger partial charge >= 0.3 is 0 Å². The number of ether oxygens (including phenoxy) is 2. The van der Waals surface area contributed by atoms with Crippen LogP contribution in [0.15, 0.2) is 46.9 Å². The minimum Gasteiger partial charge on any atom is -0.493 e. The van der Waals surface area contributed by atoms with Gasteiger partial charge in [0.25, 0.3) is 0 Å². The predicted molar refractivity (Wildman–Crippen MR) is 104 cm³/mol. The third-order valence-electron chi connectivity index (χ3n) is 2.96. The first kappa shape index (κ1) is 18.3. The molecule has 2 aromatic carbocycles. The van der Waals surface area contributed by atoms with Gasteiger partial charge in [-0.25, -0.2) is 0 Å². The second-order valence-electron chi connectivity index (χ2n) is 4.59. The maximum absolute atomic E-state index is 10.8. The summed E-state index contributed by atoms with van der Waals surface area (Å²) in [6.07, 6.45) is 2.94. The number of halogens is 3. The molecular weight excluding hydrogens is 494 g/mol. The van der Waals surface area contributed by atoms with Gasteiger partial charge in [-0.05, 0) is 81.7 Å². The molecular formula is C17H13BrClIO3. The standard InChI is InChI=1S/C17H13BrClIO3/c1-22-15-9-12(4-7-16(19)21)8-14(20)17(15)23-10-11-2-5-13(18)6-3-11/h2-9H,10H2,1H3/b7-4+. The van der Waals surface area contributed by atoms with E-state index >= 15 is 0 Å². The average Bonchev–Trinajstić information content (AvgIpc) is 2.53. The molecule has 0 heterocycles. The Balaban J connectivity index is 2.20. The van der Waals surface area contributed by atoms with Crippen LogP contribution in [0.25, 0.3) is 6.08 Å². The Morgan fingerprint density at radius 2 is 2.00 bits per heavy atom. The maximum atomic E-state index is 10.8. The van der Waals surface area contributed by atoms with Crippen LogP contribution < -0.4 is 9.47 Å². The van der Waals surface area contributed by atoms with E-state index in [1.54, 1.807) is 19.3 Å². The lowest BCUT2D eigenvalue weighted by Gasteiger charge is -2.13. The van der Waals surface area contributed by atoms with Crippen molar-refractivity contribution in [2.75, 3.05) is 7.11 Å². The predicted octanol–water partition coefficient (Wildman–Crippen LogP) is 5.42. The molecule has 0 N–H and O–H groups in total. The van der Waals surface area contributed by atoms with Crippen molar-refractivity contribution in [3.8, 4) is 11.5 Å². The number of allylic oxidation sites excluding steroid dienone is 1. The second-order valence-corrected chi connectivity index (χ2v) is 7.04. The van der Waals surface area contributed by atoms with E-state index in [0.29, 0.717) is 18.1 Å². The highest BCUT2D eigenvalue weighted by atomic mass is 127. The molecule has 0 aliphatic carbocycles. The molecule has 23 heavy (non-hydrogen) atoms. The topological polar surface area (TPSA) is 35.5 Å². The van der Waals surface area contributed by atoms with E-state index in [0.717, 1.165) is 19.2 Å². The minimum atomic E-state index is -0.519. The maximum Gasteiger partial charge on any atom is 0.245 e. The smallest absolute Gasteiger partial charge is 0.245 e. The monoisotopic (exact) mass is 506 g/mol. The normalized spacial score (nSPS) is 10.8. The molecule has 0 spiro atoms. The molecule has 0 unspecified atom stereocenters. The van der Waals surface area contributed by atoms with Gasteiger partial charge in [-0.3, -0.25) is 4.79 Å². The molecule has 0 bridgehead atoms. The van der Waals surface area contributed by atoms with E-state index in [-0.39, 0.29) is 0 Å². The average molecular weight is 508 g/mol. The Bertz CT molecular complexity index is 729. The van der Waals surface area contributed by atoms with Crippen LogP contribution in [0.1, 0.15) is 11.1 Å². The highest BCUT2D eigenvalue weighted by molar-refractivity contribution is 14.1. The highest BCUT2D eigenvalue weighted by Crippen LogP contribution is 2.35. The van der Waals surface area contributed by atoms with Gasteiger partial charge in [0.05, 0.1) is 10.7 Å². The van der Waals surface area contributed by atoms with Crippen molar-refractivity contribution in [1.29, 1.82) is 0 Å². The number of carbonyl (C=O) groups excluding carboxylic acids is 1. The Morgan fingerprint density at radius 1 is 1.30 bits per heavy atom. The van der Waals surface area contributed by atoms with Crippen LogP contribution in [-0.2, 0) is 11.4 Å². The highest BCUT2D eigenvalue weighted by Gasteiger charge is 2.11. The van der Waals surface area contributed by atoms with E-state index < -0.39 is 5.24 Å². The van der Waals surface area contributed by atoms with Crippen LogP contribution in [-0.4, -0.2) is 12.4 Å². The van der Waals surface area contributed by atoms with Crippen molar-refractivity contribution >= 4 is 61.4 Å². The molecule has 6 heteroatoms. The summed E-state index contributed by atoms with van der Waals surface area (Å²) in [5, 5.41) is -0.519. The molecule has 0 radical (unpaired) electrons. The SMILES string of the molecule is COc1cc(/C=C/C(=O)Cl)cc(I)c1OCc1ccc(Br)cc1. The number of carbonyl (C=O) groups is 1. The molecule has 2 aromatic rings. The molecule has 0 saturated carbocycles. The van der Waals surface area contributed by atoms with Crippen LogP contribution in [0.4, 0.5) is 0 Å². The fraction of sp³-hybridized carbons (Fsp3) is 0.118. The summed E-state index contributed by atoms with van der Waals surface area (Å²) >= 11 is 10.9. The molecule has 120 valence electrons. The van der Waals surface area contributed by atoms with Crippen molar-refractivity contribution in [3.63, 3.8) is 0 Å². The first-order valence-corrected chi connectivity index (χ1v) is 8.87. The van der Waals surface area contributed by atoms with Crippen LogP contribution in [0, 0.1) is 3.57 Å². The zero-order valence-electron chi connectivity index (χ0n) is 12.2. The molecule has 0 atom stereocenters. The largest absolute Gasteiger partial charge is 0.493 e. The van der Waals surface area contributed by atoms with Gasteiger partial charge in [0.2, 0.25) is 5.24 Å². The van der Waals surface area contributed by atoms with Crippen molar-refractivity contribution in [3.05, 3.63) is 61.6 Å². The Labute approximate surface area is 161 Å². The van der Waals surface area contributed by atoms with Crippen molar-refractivity contribution < 1.29 is 14.3 Å². The molecule has 0 amide bonds. The summed E-state index contributed by atoms with van der Waals surface area (Å²) in [5.74, 6) is 1.28. The third-order valence-corrected chi connectivity index (χ3v) is 4.41. The van der Waals surface area contributed by atoms with Crippen molar-refractivity contribution in [2.45, 2.75) is 6.61 Å². The van der Waals surface area contributed by atoms with Crippen molar-refractivity contribution in [1.82, 2.24) is 0 Å². The van der Waals surface area contributed by atoms with Gasteiger partial charge in [-0.1, -0.05) is 28.1 Å². The third kappa shape index (κ3) is 5.51. The number of rotatable bonds is 6. The van der Waals surface area contributed by atoms with E-state index in [1.165, 1.54) is 6.08 Å². The Kier molecular flexibility index (Phi) is 6.92. The lowest BCUT2D eigenvalue weighted by atomic mass is 10.2. The van der Waals surface area contributed by atoms with E-state index in [9.17, 15) is 4.79 Å². The zero-order valence-corrected chi connectivity index (χ0v) is 16.7. The fourth-order valence-corrected chi connectivity index (χ4v) is 2.98. The number of hydrogen-bond donors (Lipinski definition) is 0. The summed E-state index contributed by atoms with van der Waals surface area (Å²) in [7, 11) is 1.58. The molecule has 0 fully saturated rings. The van der Waals surface area contributed by atoms with E-state index in [2.05, 4.69) is 38.5 Å². The van der Waals surface area contributed by atoms with Gasteiger partial charge in [0, 0.05) is 4.47 Å². The molecule has 0 aromatic heterocycles. The van der Waals surface area contributed by atoms with E-state index in [4.69, 9.17) is 21.1 Å². The van der Waals surface area contributed by atoms with Crippen molar-refractivity contribution in [2.24, 2.45) is 0 Å². The zero-order chi connectivity index (χ0) is 16.8. The van der Waals surface area contributed by atoms with E-state index in [1.807, 2.05) is 30.3 Å². The second kappa shape index (κ2) is 8.70. The number of methoxy groups -OCH3 is 1. The summed E-state index contributed by atoms with van der Waals surface area (Å²) in [4.78, 5) is 10.8. The lowest BCUT2D eigenvalue weighted by molar-refractivity contribution is -0.107. The molecule has 0 saturated heterocycles. The first-order valence-electron chi connectivity index (χ1n) is 6.62. The quantitative estimate of drug-likeness (QED) is 0.298. The Morgan fingerprint density at radius 3 is 2.61 bits per heavy atom. The minimum absolute atomic E-state index is 0.439. The summed E-state index contributed by atoms with van der Waals surface area (Å²) in [5.41, 5.74) is 1.87. The number of hydrogen-bond acceptors (Lipinski definition) is 3. The molecule has 2 rings (SSSR count). The lowest BCUT2D eigenvalue weighted by Crippen LogP contribution is -2.00. The summed E-state index contributed by atoms with van der Waals surface area (Å²) in [6.45, 7) is 0.439. The Hall–Kier alpha value is -1.05. The van der Waals surface area contributed by atoms with Gasteiger partial charge in [0.15, 0.2) is 11.5 Å². The van der Waals surface area contributed by atoms with Gasteiger partial charge < -0.3 is 9.47 Å². The fourth-order valence-electron chi connectivity index (χ4n) is 1.87. The van der Waals surface area contributed by atoms with Crippen LogP contribution in [0.2, 0.25) is 0 Å². The molecule has 0 aliphatic heterocycles. The van der Waals surface area contributed by atoms with Crippen LogP contribution in [0.5, 0.6) is 11.5 Å². The summed E-state index contributed by atoms with van der Waals surface area (Å²) < 4.78 is 13.2. The first-order chi connectivity index (χ1) is 11.0. The van der Waals surface area contributed by atoms with Crippen LogP contribution >= 0.6 is 50.1 Å².